The molecule has 0 saturated carbocycles. The summed E-state index contributed by atoms with van der Waals surface area (Å²) in [6.45, 7) is 2.25. The van der Waals surface area contributed by atoms with Gasteiger partial charge in [0, 0.05) is 36.1 Å². The molecule has 1 fully saturated rings. The molecule has 2 heterocycles. The quantitative estimate of drug-likeness (QED) is 0.842. The number of ether oxygens (including phenoxy) is 3. The lowest BCUT2D eigenvalue weighted by Gasteiger charge is -2.26. The number of amides is 1. The normalized spacial score (nSPS) is 16.3. The van der Waals surface area contributed by atoms with E-state index in [1.165, 1.54) is 12.3 Å². The second-order valence-corrected chi connectivity index (χ2v) is 6.49. The summed E-state index contributed by atoms with van der Waals surface area (Å²) in [6.07, 6.45) is 3.23. The Labute approximate surface area is 157 Å². The van der Waals surface area contributed by atoms with E-state index in [0.717, 1.165) is 24.1 Å². The molecule has 27 heavy (non-hydrogen) atoms. The molecule has 0 spiro atoms. The average Bonchev–Trinajstić information content (AvgIpc) is 3.16. The van der Waals surface area contributed by atoms with Crippen LogP contribution in [0.25, 0.3) is 0 Å². The Morgan fingerprint density at radius 1 is 1.22 bits per heavy atom. The van der Waals surface area contributed by atoms with Crippen molar-refractivity contribution in [3.05, 3.63) is 51.9 Å². The van der Waals surface area contributed by atoms with Gasteiger partial charge >= 0.3 is 0 Å². The summed E-state index contributed by atoms with van der Waals surface area (Å²) in [7, 11) is 3.20. The van der Waals surface area contributed by atoms with Gasteiger partial charge in [-0.25, -0.2) is 0 Å². The van der Waals surface area contributed by atoms with Crippen LogP contribution in [0.2, 0.25) is 0 Å². The molecule has 144 valence electrons. The van der Waals surface area contributed by atoms with E-state index in [9.17, 15) is 9.59 Å². The van der Waals surface area contributed by atoms with Crippen molar-refractivity contribution in [2.45, 2.75) is 25.8 Å². The highest BCUT2D eigenvalue weighted by Gasteiger charge is 2.32. The molecule has 1 saturated heterocycles. The van der Waals surface area contributed by atoms with E-state index in [0.29, 0.717) is 18.0 Å². The molecule has 1 amide bonds. The highest BCUT2D eigenvalue weighted by molar-refractivity contribution is 5.78. The zero-order valence-corrected chi connectivity index (χ0v) is 15.8. The predicted octanol–water partition coefficient (Wildman–Crippen LogP) is 2.44. The Balaban J connectivity index is 1.74. The van der Waals surface area contributed by atoms with Crippen LogP contribution in [0.15, 0.2) is 35.3 Å². The lowest BCUT2D eigenvalue weighted by Crippen LogP contribution is -2.35. The van der Waals surface area contributed by atoms with Gasteiger partial charge in [0.15, 0.2) is 12.4 Å². The number of carbonyl (C=O) groups is 1. The van der Waals surface area contributed by atoms with Crippen molar-refractivity contribution in [1.82, 2.24) is 9.88 Å². The molecule has 2 aromatic rings. The van der Waals surface area contributed by atoms with E-state index in [1.54, 1.807) is 26.0 Å². The minimum absolute atomic E-state index is 0.0849. The molecule has 1 aromatic heterocycles. The highest BCUT2D eigenvalue weighted by Crippen LogP contribution is 2.38. The molecule has 1 aliphatic heterocycles. The number of nitrogens with zero attached hydrogens (tertiary/aromatic N) is 1. The van der Waals surface area contributed by atoms with Crippen LogP contribution < -0.4 is 19.6 Å². The number of methoxy groups -OCH3 is 2. The van der Waals surface area contributed by atoms with Gasteiger partial charge in [0.05, 0.1) is 20.3 Å². The fourth-order valence-corrected chi connectivity index (χ4v) is 3.38. The Morgan fingerprint density at radius 3 is 2.74 bits per heavy atom. The summed E-state index contributed by atoms with van der Waals surface area (Å²) >= 11 is 0. The number of pyridine rings is 1. The van der Waals surface area contributed by atoms with Crippen molar-refractivity contribution < 1.29 is 19.0 Å². The molecular weight excluding hydrogens is 348 g/mol. The number of benzene rings is 1. The van der Waals surface area contributed by atoms with Crippen molar-refractivity contribution in [2.75, 3.05) is 27.4 Å². The largest absolute Gasteiger partial charge is 0.497 e. The number of hydrogen-bond acceptors (Lipinski definition) is 5. The van der Waals surface area contributed by atoms with Crippen molar-refractivity contribution in [3.8, 4) is 17.2 Å². The summed E-state index contributed by atoms with van der Waals surface area (Å²) in [6, 6.07) is 6.97. The van der Waals surface area contributed by atoms with E-state index in [-0.39, 0.29) is 29.7 Å². The lowest BCUT2D eigenvalue weighted by atomic mass is 10.0. The first-order valence-corrected chi connectivity index (χ1v) is 8.87. The van der Waals surface area contributed by atoms with Crippen molar-refractivity contribution >= 4 is 5.91 Å². The molecule has 0 bridgehead atoms. The molecule has 3 rings (SSSR count). The van der Waals surface area contributed by atoms with E-state index in [4.69, 9.17) is 14.2 Å². The average molecular weight is 372 g/mol. The summed E-state index contributed by atoms with van der Waals surface area (Å²) in [5, 5.41) is 0. The second-order valence-electron chi connectivity index (χ2n) is 6.49. The van der Waals surface area contributed by atoms with E-state index in [2.05, 4.69) is 4.98 Å². The van der Waals surface area contributed by atoms with Gasteiger partial charge in [0.1, 0.15) is 11.5 Å². The number of rotatable bonds is 6. The molecule has 7 nitrogen and oxygen atoms in total. The molecule has 7 heteroatoms. The Kier molecular flexibility index (Phi) is 5.69. The SMILES string of the molecule is COc1ccc([C@@H]2CCCN2C(=O)COc2c[nH]c(C)cc2=O)c(OC)c1. The summed E-state index contributed by atoms with van der Waals surface area (Å²) in [5.41, 5.74) is 1.44. The van der Waals surface area contributed by atoms with Crippen LogP contribution in [-0.2, 0) is 4.79 Å². The van der Waals surface area contributed by atoms with Gasteiger partial charge < -0.3 is 24.1 Å². The zero-order valence-electron chi connectivity index (χ0n) is 15.8. The van der Waals surface area contributed by atoms with Crippen molar-refractivity contribution in [3.63, 3.8) is 0 Å². The molecule has 0 unspecified atom stereocenters. The lowest BCUT2D eigenvalue weighted by molar-refractivity contribution is -0.134. The van der Waals surface area contributed by atoms with Gasteiger partial charge in [-0.05, 0) is 31.9 Å². The summed E-state index contributed by atoms with van der Waals surface area (Å²) in [5.74, 6) is 1.38. The first-order valence-electron chi connectivity index (χ1n) is 8.87. The first-order chi connectivity index (χ1) is 13.0. The zero-order chi connectivity index (χ0) is 19.4. The summed E-state index contributed by atoms with van der Waals surface area (Å²) in [4.78, 5) is 29.3. The molecular formula is C20H24N2O5. The van der Waals surface area contributed by atoms with Crippen LogP contribution in [-0.4, -0.2) is 43.2 Å². The van der Waals surface area contributed by atoms with Crippen LogP contribution in [0.4, 0.5) is 0 Å². The standard InChI is InChI=1S/C20H24N2O5/c1-13-9-17(23)19(11-21-13)27-12-20(24)22-8-4-5-16(22)15-7-6-14(25-2)10-18(15)26-3/h6-7,9-11,16H,4-5,8,12H2,1-3H3,(H,21,23)/t16-/m0/s1. The number of carbonyl (C=O) groups excluding carboxylic acids is 1. The number of nitrogens with one attached hydrogen (secondary N) is 1. The number of likely N-dealkylation sites (tertiary alicyclic amines) is 1. The first kappa shape index (κ1) is 18.8. The van der Waals surface area contributed by atoms with Crippen LogP contribution in [0.3, 0.4) is 0 Å². The molecule has 1 aliphatic rings. The van der Waals surface area contributed by atoms with Gasteiger partial charge in [-0.1, -0.05) is 0 Å². The summed E-state index contributed by atoms with van der Waals surface area (Å²) < 4.78 is 16.2. The van der Waals surface area contributed by atoms with E-state index < -0.39 is 0 Å². The Bertz CT molecular complexity index is 877. The van der Waals surface area contributed by atoms with Crippen molar-refractivity contribution in [2.24, 2.45) is 0 Å². The van der Waals surface area contributed by atoms with E-state index >= 15 is 0 Å². The molecule has 1 N–H and O–H groups in total. The van der Waals surface area contributed by atoms with Gasteiger partial charge in [0.25, 0.3) is 5.91 Å². The number of aromatic nitrogens is 1. The maximum absolute atomic E-state index is 12.7. The van der Waals surface area contributed by atoms with Gasteiger partial charge in [-0.3, -0.25) is 9.59 Å². The minimum atomic E-state index is -0.242. The number of H-pyrrole nitrogens is 1. The molecule has 1 atom stereocenters. The Hall–Kier alpha value is -2.96. The third-order valence-electron chi connectivity index (χ3n) is 4.75. The number of aromatic amines is 1. The van der Waals surface area contributed by atoms with E-state index in [1.807, 2.05) is 18.2 Å². The smallest absolute Gasteiger partial charge is 0.261 e. The van der Waals surface area contributed by atoms with Gasteiger partial charge in [-0.2, -0.15) is 0 Å². The molecule has 1 aromatic carbocycles. The Morgan fingerprint density at radius 2 is 2.04 bits per heavy atom. The minimum Gasteiger partial charge on any atom is -0.497 e. The fraction of sp³-hybridized carbons (Fsp3) is 0.400. The second kappa shape index (κ2) is 8.16. The predicted molar refractivity (Wildman–Crippen MR) is 101 cm³/mol. The molecule has 0 aliphatic carbocycles. The maximum Gasteiger partial charge on any atom is 0.261 e. The topological polar surface area (TPSA) is 80.9 Å². The number of aryl methyl sites for hydroxylation is 1. The van der Waals surface area contributed by atoms with Gasteiger partial charge in [0.2, 0.25) is 5.43 Å². The van der Waals surface area contributed by atoms with Crippen LogP contribution in [0, 0.1) is 6.92 Å². The molecule has 0 radical (unpaired) electrons. The van der Waals surface area contributed by atoms with Crippen molar-refractivity contribution in [1.29, 1.82) is 0 Å². The number of hydrogen-bond donors (Lipinski definition) is 1. The fourth-order valence-electron chi connectivity index (χ4n) is 3.38. The van der Waals surface area contributed by atoms with Crippen LogP contribution in [0.1, 0.15) is 30.1 Å². The van der Waals surface area contributed by atoms with Crippen LogP contribution >= 0.6 is 0 Å². The van der Waals surface area contributed by atoms with Crippen LogP contribution in [0.5, 0.6) is 17.2 Å². The maximum atomic E-state index is 12.7. The monoisotopic (exact) mass is 372 g/mol. The highest BCUT2D eigenvalue weighted by atomic mass is 16.5. The third-order valence-corrected chi connectivity index (χ3v) is 4.75. The van der Waals surface area contributed by atoms with Gasteiger partial charge in [-0.15, -0.1) is 0 Å². The third kappa shape index (κ3) is 4.07.